The van der Waals surface area contributed by atoms with Gasteiger partial charge in [0.25, 0.3) is 0 Å². The van der Waals surface area contributed by atoms with Crippen molar-refractivity contribution in [2.24, 2.45) is 29.6 Å². The maximum atomic E-state index is 10.8. The van der Waals surface area contributed by atoms with Crippen molar-refractivity contribution in [3.63, 3.8) is 0 Å². The number of ether oxygens (including phenoxy) is 6. The molecular weight excluding hydrogens is 1970 g/mol. The van der Waals surface area contributed by atoms with Crippen molar-refractivity contribution < 1.29 is 79.5 Å². The molecule has 25 atom stereocenters. The standard InChI is InChI=1S/C22H36N5O4P.C22H36N5O3PS.C21H34N5O3P.C18H29N4O3P.C17H27N4O3P/c1-8-13(2)9-10-23-19-15-20(26-22(25-19)30-4)27(12-24-15)21-17(29)16(28)18(31-21)14(3)11-32(5,6)7;1-8-13(2)9-10-23-19-15-20(26-22(25-19)32-7)27(12-24-15)21-17(29)16(28)18(30-21)14(3)11-31(4,5)6;1-7-13(2)8-9-22-19-15-20(24-11-23-19)26(12-25-15)21-17(28)16(27)18(29-21)14(3)10-30(4,5)6;1-6-12-21-13-11(19)7-8-20-17(13)22(12)18-15(24)14(23)16(25-18)10(2)9-26(3,4)5;1-9(8-25(3,4)5)15-13(22)14(23)17(24-15)21-10(2)20-12-11(18)6-7-19-16(12)21/h9,12,14,16-18,21,28-29H,5,8,10-11H2,1-4,6-7H3,(H,23,25,26);9,12,14,16-18,21,28-29H,4,8,10-11H2,1-3,5-7H3,(H,23,25,26);8,11-12,14,16-18,21,27-28H,4,7,9-10H2,1-3,5-6H3,(H,22,23,24);7-8,10,14-16,18,23-24H,3,6,9H2,1-2,4-5H3,(H2,19,20);6-7,9,13-15,17,22-23H,3,8H2,1-2,4-5H3,(H2,18,19)/b2*13-9-;13-8-;;/t3*14?,16-,17+,18+,21+;10?,14-,15+,16+,18+;9?,13-,14+,15+,17+/m00000/s1. The Morgan fingerprint density at radius 3 is 1.08 bits per heavy atom. The van der Waals surface area contributed by atoms with E-state index in [2.05, 4.69) is 239 Å². The van der Waals surface area contributed by atoms with Crippen LogP contribution in [0.3, 0.4) is 0 Å². The highest BCUT2D eigenvalue weighted by molar-refractivity contribution is 7.98. The molecule has 5 unspecified atom stereocenters. The number of aliphatic hydroxyl groups excluding tert-OH is 10. The van der Waals surface area contributed by atoms with Crippen LogP contribution in [-0.2, 0) is 30.1 Å². The first kappa shape index (κ1) is 117. The zero-order valence-electron chi connectivity index (χ0n) is 89.1. The first-order valence-electron chi connectivity index (χ1n) is 49.5. The molecule has 15 rings (SSSR count). The number of aromatic nitrogens is 18. The van der Waals surface area contributed by atoms with E-state index in [9.17, 15) is 51.1 Å². The summed E-state index contributed by atoms with van der Waals surface area (Å²) in [5, 5.41) is 117. The fraction of sp³-hybridized carbons (Fsp3) is 0.620. The Bertz CT molecular complexity index is 6260. The van der Waals surface area contributed by atoms with Gasteiger partial charge >= 0.3 is 6.01 Å². The van der Waals surface area contributed by atoms with Crippen LogP contribution in [0.1, 0.15) is 145 Å². The van der Waals surface area contributed by atoms with E-state index in [4.69, 9.17) is 39.9 Å². The Balaban J connectivity index is 0.000000173. The number of nitrogens with one attached hydrogen (secondary N) is 3. The molecule has 0 aliphatic carbocycles. The first-order chi connectivity index (χ1) is 68.0. The van der Waals surface area contributed by atoms with Gasteiger partial charge < -0.3 is 107 Å². The molecule has 10 aromatic heterocycles. The molecule has 0 saturated carbocycles. The molecule has 17 N–H and O–H groups in total. The van der Waals surface area contributed by atoms with Crippen LogP contribution in [0.5, 0.6) is 6.01 Å². The van der Waals surface area contributed by atoms with Gasteiger partial charge in [-0.25, -0.2) is 54.8 Å². The van der Waals surface area contributed by atoms with E-state index in [1.165, 1.54) is 41.9 Å². The summed E-state index contributed by atoms with van der Waals surface area (Å²) >= 11 is 1.44. The molecule has 10 aromatic rings. The molecule has 5 aliphatic heterocycles. The third-order valence-corrected chi connectivity index (χ3v) is 34.9. The number of aliphatic hydroxyl groups is 10. The highest BCUT2D eigenvalue weighted by Crippen LogP contribution is 2.50. The number of fused-ring (bicyclic) bond motifs is 5. The molecule has 0 bridgehead atoms. The first-order valence-corrected chi connectivity index (χ1v) is 66.0. The van der Waals surface area contributed by atoms with E-state index in [1.807, 2.05) is 54.7 Å². The van der Waals surface area contributed by atoms with Crippen LogP contribution >= 0.6 is 46.2 Å². The van der Waals surface area contributed by atoms with Crippen LogP contribution in [0, 0.1) is 36.5 Å². The molecule has 39 nitrogen and oxygen atoms in total. The highest BCUT2D eigenvalue weighted by atomic mass is 32.2. The number of nitrogens with two attached hydrogens (primary N) is 2. The van der Waals surface area contributed by atoms with E-state index in [1.54, 1.807) is 66.3 Å². The molecule has 5 aliphatic rings. The lowest BCUT2D eigenvalue weighted by Gasteiger charge is -2.26. The minimum absolute atomic E-state index is 0.0512. The largest absolute Gasteiger partial charge is 0.467 e. The van der Waals surface area contributed by atoms with Crippen molar-refractivity contribution in [3.8, 4) is 6.01 Å². The molecule has 15 heterocycles. The Hall–Kier alpha value is -7.84. The number of hydrogen-bond donors (Lipinski definition) is 15. The SMILES string of the molecule is C=P(C)(C)CC(C)[C@H]1O[C@@H](n2c(C)nc3c(N)ccnc32)[C@H](O)[C@@H]1O.C=P(C)(C)CC(C)[C@H]1O[C@@H](n2c(CC)nc3c(N)ccnc32)[C@H](O)[C@@H]1O.C=P(C)(C)CC(C)[C@H]1O[C@@H](n2cnc3c(NC/C=C(/C)CC)nc(OC)nc32)[C@H](O)[C@@H]1O.C=P(C)(C)CC(C)[C@H]1O[C@@H](n2cnc3c(NC/C=C(/C)CC)nc(SC)nc32)[C@H](O)[C@@H]1O.C=P(C)(C)CC(C)[C@H]1O[C@@H](n2cnc3c(NC/C=C(/C)CC)ncnc32)[C@H](O)[C@@H]1O. The number of thioether (sulfide) groups is 1. The Labute approximate surface area is 857 Å². The predicted molar refractivity (Wildman–Crippen MR) is 599 cm³/mol. The van der Waals surface area contributed by atoms with Gasteiger partial charge in [0.05, 0.1) is 68.0 Å². The molecule has 0 aromatic carbocycles. The van der Waals surface area contributed by atoms with Crippen molar-refractivity contribution in [2.45, 2.75) is 244 Å². The molecule has 0 amide bonds. The number of nitrogen functional groups attached to an aromatic ring is 2. The van der Waals surface area contributed by atoms with E-state index < -0.39 is 157 Å². The smallest absolute Gasteiger partial charge is 0.320 e. The molecule has 5 fully saturated rings. The highest BCUT2D eigenvalue weighted by Gasteiger charge is 2.53. The third-order valence-electron chi connectivity index (χ3n) is 26.6. The van der Waals surface area contributed by atoms with Crippen molar-refractivity contribution in [2.75, 3.05) is 158 Å². The molecule has 0 spiro atoms. The van der Waals surface area contributed by atoms with Gasteiger partial charge in [-0.2, -0.15) is 9.97 Å². The van der Waals surface area contributed by atoms with E-state index in [-0.39, 0.29) is 35.6 Å². The summed E-state index contributed by atoms with van der Waals surface area (Å²) in [4.78, 5) is 57.9. The molecule has 5 saturated heterocycles. The second-order valence-electron chi connectivity index (χ2n) is 42.9. The topological polar surface area (TPSA) is 538 Å². The van der Waals surface area contributed by atoms with Crippen molar-refractivity contribution in [1.82, 2.24) is 87.6 Å². The van der Waals surface area contributed by atoms with E-state index in [0.717, 1.165) is 55.9 Å². The van der Waals surface area contributed by atoms with Gasteiger partial charge in [0.15, 0.2) is 98.5 Å². The number of nitrogens with zero attached hydrogens (tertiary/aromatic N) is 18. The summed E-state index contributed by atoms with van der Waals surface area (Å²) in [6.07, 6.45) is 30.4. The maximum absolute atomic E-state index is 10.8. The van der Waals surface area contributed by atoms with Crippen LogP contribution in [0.4, 0.5) is 28.8 Å². The van der Waals surface area contributed by atoms with Crippen LogP contribution in [0.25, 0.3) is 55.8 Å². The average Bonchev–Trinajstić information content (AvgIpc) is 1.62. The summed E-state index contributed by atoms with van der Waals surface area (Å²) in [6, 6.07) is 3.56. The number of anilines is 5. The van der Waals surface area contributed by atoms with Gasteiger partial charge in [0, 0.05) is 38.4 Å². The monoisotopic (exact) mass is 2130 g/mol. The lowest BCUT2D eigenvalue weighted by atomic mass is 10.0. The summed E-state index contributed by atoms with van der Waals surface area (Å²) < 4.78 is 44.6. The number of aryl methyl sites for hydroxylation is 2. The van der Waals surface area contributed by atoms with Crippen LogP contribution < -0.4 is 32.2 Å². The van der Waals surface area contributed by atoms with Gasteiger partial charge in [-0.05, 0) is 192 Å². The van der Waals surface area contributed by atoms with Crippen molar-refractivity contribution >= 4 is 162 Å². The van der Waals surface area contributed by atoms with Gasteiger partial charge in [-0.15, -0.1) is 65.9 Å². The van der Waals surface area contributed by atoms with Gasteiger partial charge in [-0.3, -0.25) is 22.8 Å². The van der Waals surface area contributed by atoms with Crippen LogP contribution in [-0.4, -0.2) is 392 Å². The zero-order valence-corrected chi connectivity index (χ0v) is 94.4. The maximum Gasteiger partial charge on any atom is 0.320 e. The Morgan fingerprint density at radius 2 is 0.724 bits per heavy atom. The summed E-state index contributed by atoms with van der Waals surface area (Å²) in [6.45, 7) is 43.5. The minimum Gasteiger partial charge on any atom is -0.467 e. The van der Waals surface area contributed by atoms with Gasteiger partial charge in [0.1, 0.15) is 90.0 Å². The number of rotatable bonds is 35. The van der Waals surface area contributed by atoms with E-state index >= 15 is 0 Å². The minimum atomic E-state index is -1.32. The average molecular weight is 2130 g/mol. The molecule has 0 radical (unpaired) electrons. The lowest BCUT2D eigenvalue weighted by Crippen LogP contribution is -2.36. The number of methoxy groups -OCH3 is 1. The fourth-order valence-corrected chi connectivity index (χ4v) is 28.7. The van der Waals surface area contributed by atoms with Crippen molar-refractivity contribution in [1.29, 1.82) is 0 Å². The van der Waals surface area contributed by atoms with Gasteiger partial charge in [-0.1, -0.05) is 109 Å². The fourth-order valence-electron chi connectivity index (χ4n) is 19.5. The van der Waals surface area contributed by atoms with E-state index in [0.29, 0.717) is 122 Å². The number of hydrogen-bond acceptors (Lipinski definition) is 35. The summed E-state index contributed by atoms with van der Waals surface area (Å²) in [5.41, 5.74) is 22.5. The summed E-state index contributed by atoms with van der Waals surface area (Å²) in [5.74, 6) is 3.53. The third kappa shape index (κ3) is 28.7. The lowest BCUT2D eigenvalue weighted by molar-refractivity contribution is -0.0498. The zero-order chi connectivity index (χ0) is 107. The van der Waals surface area contributed by atoms with Gasteiger partial charge in [0.2, 0.25) is 0 Å². The number of allylic oxidation sites excluding steroid dienone is 3. The second kappa shape index (κ2) is 49.5. The number of imidazole rings is 5. The number of pyridine rings is 2. The van der Waals surface area contributed by atoms with Crippen LogP contribution in [0.2, 0.25) is 0 Å². The molecule has 145 heavy (non-hydrogen) atoms. The van der Waals surface area contributed by atoms with Crippen LogP contribution in [0.15, 0.2) is 89.9 Å². The Morgan fingerprint density at radius 1 is 0.407 bits per heavy atom. The Kier molecular flexibility index (Phi) is 40.1. The molecule has 45 heteroatoms. The quantitative estimate of drug-likeness (QED) is 0.00759. The summed E-state index contributed by atoms with van der Waals surface area (Å²) in [7, 11) is 1.50. The second-order valence-corrected chi connectivity index (χ2v) is 64.9. The molecule has 804 valence electrons. The van der Waals surface area contributed by atoms with Crippen molar-refractivity contribution in [3.05, 3.63) is 96.4 Å². The molecular formula is C100H162N23O16P5S. The normalized spacial score (nSPS) is 26.6. The predicted octanol–water partition coefficient (Wildman–Crippen LogP) is 11.2.